The van der Waals surface area contributed by atoms with Crippen molar-refractivity contribution in [2.45, 2.75) is 19.8 Å². The Balaban J connectivity index is 2.06. The van der Waals surface area contributed by atoms with Crippen molar-refractivity contribution in [2.75, 3.05) is 11.9 Å². The summed E-state index contributed by atoms with van der Waals surface area (Å²) in [5.74, 6) is 0.511. The molecule has 22 heavy (non-hydrogen) atoms. The molecule has 0 heterocycles. The Labute approximate surface area is 140 Å². The fourth-order valence-electron chi connectivity index (χ4n) is 1.94. The molecule has 0 aliphatic heterocycles. The molecule has 116 valence electrons. The molecule has 0 aromatic heterocycles. The van der Waals surface area contributed by atoms with Gasteiger partial charge in [-0.05, 0) is 36.2 Å². The van der Waals surface area contributed by atoms with Gasteiger partial charge in [0, 0.05) is 10.0 Å². The number of para-hydroxylation sites is 2. The Morgan fingerprint density at radius 1 is 1.18 bits per heavy atom. The van der Waals surface area contributed by atoms with Gasteiger partial charge in [0.15, 0.2) is 0 Å². The van der Waals surface area contributed by atoms with Gasteiger partial charge in [0.1, 0.15) is 5.75 Å². The van der Waals surface area contributed by atoms with Gasteiger partial charge in [0.25, 0.3) is 0 Å². The first-order valence-electron chi connectivity index (χ1n) is 7.05. The lowest BCUT2D eigenvalue weighted by Gasteiger charge is -2.12. The number of amides is 1. The van der Waals surface area contributed by atoms with Gasteiger partial charge in [-0.15, -0.1) is 0 Å². The van der Waals surface area contributed by atoms with Crippen LogP contribution in [-0.4, -0.2) is 12.5 Å². The van der Waals surface area contributed by atoms with Crippen LogP contribution in [0.15, 0.2) is 42.5 Å². The summed E-state index contributed by atoms with van der Waals surface area (Å²) in [5.41, 5.74) is 1.39. The van der Waals surface area contributed by atoms with E-state index in [9.17, 15) is 4.79 Å². The third-order valence-electron chi connectivity index (χ3n) is 2.99. The van der Waals surface area contributed by atoms with E-state index in [2.05, 4.69) is 5.32 Å². The second-order valence-electron chi connectivity index (χ2n) is 4.81. The molecule has 0 saturated carbocycles. The number of anilines is 1. The average Bonchev–Trinajstić information content (AvgIpc) is 2.49. The zero-order valence-electron chi connectivity index (χ0n) is 12.2. The maximum atomic E-state index is 12.2. The van der Waals surface area contributed by atoms with Crippen LogP contribution in [0.25, 0.3) is 0 Å². The van der Waals surface area contributed by atoms with Crippen molar-refractivity contribution in [3.8, 4) is 5.75 Å². The number of hydrogen-bond donors (Lipinski definition) is 1. The Bertz CT molecular complexity index is 659. The molecule has 1 N–H and O–H groups in total. The molecular formula is C17H17Cl2NO2. The van der Waals surface area contributed by atoms with E-state index in [-0.39, 0.29) is 12.3 Å². The van der Waals surface area contributed by atoms with E-state index in [1.807, 2.05) is 31.2 Å². The molecule has 2 rings (SSSR count). The van der Waals surface area contributed by atoms with E-state index in [0.29, 0.717) is 28.1 Å². The number of ether oxygens (including phenoxy) is 1. The van der Waals surface area contributed by atoms with Crippen LogP contribution in [0.2, 0.25) is 10.0 Å². The third-order valence-corrected chi connectivity index (χ3v) is 3.58. The van der Waals surface area contributed by atoms with Crippen molar-refractivity contribution in [2.24, 2.45) is 0 Å². The highest BCUT2D eigenvalue weighted by molar-refractivity contribution is 6.35. The first kappa shape index (κ1) is 16.7. The van der Waals surface area contributed by atoms with E-state index in [1.165, 1.54) is 0 Å². The summed E-state index contributed by atoms with van der Waals surface area (Å²) in [4.78, 5) is 12.2. The van der Waals surface area contributed by atoms with Gasteiger partial charge in [0.2, 0.25) is 5.91 Å². The topological polar surface area (TPSA) is 38.3 Å². The van der Waals surface area contributed by atoms with Crippen LogP contribution in [0.3, 0.4) is 0 Å². The lowest BCUT2D eigenvalue weighted by atomic mass is 10.1. The Kier molecular flexibility index (Phi) is 6.10. The minimum Gasteiger partial charge on any atom is -0.491 e. The van der Waals surface area contributed by atoms with Crippen molar-refractivity contribution in [1.82, 2.24) is 0 Å². The summed E-state index contributed by atoms with van der Waals surface area (Å²) in [5, 5.41) is 3.89. The largest absolute Gasteiger partial charge is 0.491 e. The van der Waals surface area contributed by atoms with Crippen LogP contribution >= 0.6 is 23.2 Å². The van der Waals surface area contributed by atoms with Crippen LogP contribution in [-0.2, 0) is 11.2 Å². The number of halogens is 2. The standard InChI is InChI=1S/C17H17Cl2NO2/c1-2-9-22-16-6-4-3-5-15(16)20-17(21)10-12-7-8-13(18)11-14(12)19/h3-8,11H,2,9-10H2,1H3,(H,20,21). The summed E-state index contributed by atoms with van der Waals surface area (Å²) in [7, 11) is 0. The van der Waals surface area contributed by atoms with Crippen LogP contribution in [0.4, 0.5) is 5.69 Å². The summed E-state index contributed by atoms with van der Waals surface area (Å²) < 4.78 is 5.62. The van der Waals surface area contributed by atoms with Crippen LogP contribution in [0.5, 0.6) is 5.75 Å². The molecule has 0 fully saturated rings. The molecule has 0 aliphatic rings. The van der Waals surface area contributed by atoms with Gasteiger partial charge in [-0.3, -0.25) is 4.79 Å². The highest BCUT2D eigenvalue weighted by Crippen LogP contribution is 2.25. The van der Waals surface area contributed by atoms with Crippen molar-refractivity contribution in [1.29, 1.82) is 0 Å². The number of rotatable bonds is 6. The van der Waals surface area contributed by atoms with E-state index in [4.69, 9.17) is 27.9 Å². The zero-order chi connectivity index (χ0) is 15.9. The minimum atomic E-state index is -0.156. The predicted molar refractivity (Wildman–Crippen MR) is 91.0 cm³/mol. The first-order valence-corrected chi connectivity index (χ1v) is 7.81. The Morgan fingerprint density at radius 3 is 2.68 bits per heavy atom. The number of nitrogens with one attached hydrogen (secondary N) is 1. The minimum absolute atomic E-state index is 0.156. The molecule has 0 unspecified atom stereocenters. The quantitative estimate of drug-likeness (QED) is 0.808. The van der Waals surface area contributed by atoms with E-state index in [1.54, 1.807) is 18.2 Å². The van der Waals surface area contributed by atoms with Crippen LogP contribution in [0.1, 0.15) is 18.9 Å². The fourth-order valence-corrected chi connectivity index (χ4v) is 2.42. The number of carbonyl (C=O) groups excluding carboxylic acids is 1. The predicted octanol–water partition coefficient (Wildman–Crippen LogP) is 4.96. The monoisotopic (exact) mass is 337 g/mol. The molecular weight excluding hydrogens is 321 g/mol. The fraction of sp³-hybridized carbons (Fsp3) is 0.235. The second-order valence-corrected chi connectivity index (χ2v) is 5.65. The highest BCUT2D eigenvalue weighted by Gasteiger charge is 2.10. The highest BCUT2D eigenvalue weighted by atomic mass is 35.5. The van der Waals surface area contributed by atoms with Crippen molar-refractivity contribution in [3.05, 3.63) is 58.1 Å². The summed E-state index contributed by atoms with van der Waals surface area (Å²) >= 11 is 11.9. The molecule has 1 amide bonds. The third kappa shape index (κ3) is 4.65. The lowest BCUT2D eigenvalue weighted by Crippen LogP contribution is -2.15. The summed E-state index contributed by atoms with van der Waals surface area (Å²) in [6.45, 7) is 2.64. The molecule has 2 aromatic rings. The SMILES string of the molecule is CCCOc1ccccc1NC(=O)Cc1ccc(Cl)cc1Cl. The normalized spacial score (nSPS) is 10.3. The molecule has 0 spiro atoms. The number of benzene rings is 2. The molecule has 0 atom stereocenters. The van der Waals surface area contributed by atoms with Gasteiger partial charge < -0.3 is 10.1 Å². The average molecular weight is 338 g/mol. The number of hydrogen-bond acceptors (Lipinski definition) is 2. The van der Waals surface area contributed by atoms with Gasteiger partial charge in [0.05, 0.1) is 18.7 Å². The first-order chi connectivity index (χ1) is 10.6. The molecule has 0 saturated heterocycles. The smallest absolute Gasteiger partial charge is 0.228 e. The summed E-state index contributed by atoms with van der Waals surface area (Å²) in [6, 6.07) is 12.5. The molecule has 5 heteroatoms. The van der Waals surface area contributed by atoms with Gasteiger partial charge >= 0.3 is 0 Å². The van der Waals surface area contributed by atoms with Gasteiger partial charge in [-0.1, -0.05) is 48.3 Å². The molecule has 0 aliphatic carbocycles. The molecule has 2 aromatic carbocycles. The van der Waals surface area contributed by atoms with Crippen LogP contribution in [0, 0.1) is 0 Å². The van der Waals surface area contributed by atoms with Crippen LogP contribution < -0.4 is 10.1 Å². The summed E-state index contributed by atoms with van der Waals surface area (Å²) in [6.07, 6.45) is 1.08. The lowest BCUT2D eigenvalue weighted by molar-refractivity contribution is -0.115. The molecule has 0 bridgehead atoms. The molecule has 3 nitrogen and oxygen atoms in total. The maximum absolute atomic E-state index is 12.2. The van der Waals surface area contributed by atoms with Crippen molar-refractivity contribution >= 4 is 34.8 Å². The molecule has 0 radical (unpaired) electrons. The van der Waals surface area contributed by atoms with E-state index >= 15 is 0 Å². The van der Waals surface area contributed by atoms with Crippen molar-refractivity contribution in [3.63, 3.8) is 0 Å². The number of carbonyl (C=O) groups is 1. The van der Waals surface area contributed by atoms with Gasteiger partial charge in [-0.2, -0.15) is 0 Å². The van der Waals surface area contributed by atoms with Gasteiger partial charge in [-0.25, -0.2) is 0 Å². The maximum Gasteiger partial charge on any atom is 0.228 e. The zero-order valence-corrected chi connectivity index (χ0v) is 13.7. The Hall–Kier alpha value is -1.71. The second kappa shape index (κ2) is 8.06. The van der Waals surface area contributed by atoms with E-state index in [0.717, 1.165) is 12.0 Å². The Morgan fingerprint density at radius 2 is 1.95 bits per heavy atom. The van der Waals surface area contributed by atoms with E-state index < -0.39 is 0 Å². The van der Waals surface area contributed by atoms with Crippen molar-refractivity contribution < 1.29 is 9.53 Å².